The maximum absolute atomic E-state index is 14.9. The van der Waals surface area contributed by atoms with Crippen LogP contribution in [0.15, 0.2) is 36.5 Å². The Morgan fingerprint density at radius 1 is 1.10 bits per heavy atom. The average molecular weight is 424 g/mol. The number of nitrogens with zero attached hydrogens (tertiary/aromatic N) is 1. The van der Waals surface area contributed by atoms with Crippen LogP contribution in [0.5, 0.6) is 0 Å². The Hall–Kier alpha value is -2.77. The highest BCUT2D eigenvalue weighted by Gasteiger charge is 2.18. The quantitative estimate of drug-likeness (QED) is 0.555. The van der Waals surface area contributed by atoms with Crippen LogP contribution >= 0.6 is 0 Å². The van der Waals surface area contributed by atoms with Gasteiger partial charge in [0.05, 0.1) is 5.69 Å². The predicted octanol–water partition coefficient (Wildman–Crippen LogP) is 4.72. The van der Waals surface area contributed by atoms with Crippen LogP contribution in [0.2, 0.25) is 0 Å². The standard InChI is InChI=1S/C24H26F2N4O/c25-20-13-21(26)23(29-14-15-4-9-31-10-5-15)11-18(20)17-3-8-28-24-19(17)12-22(30-24)16-1-6-27-7-2-16/h1,3,8,11-13,15,27,29H,2,4-7,9-10,14H2,(H,28,30). The number of ether oxygens (including phenoxy) is 1. The van der Waals surface area contributed by atoms with Gasteiger partial charge in [-0.1, -0.05) is 6.08 Å². The molecule has 3 N–H and O–H groups in total. The Balaban J connectivity index is 1.48. The van der Waals surface area contributed by atoms with Crippen LogP contribution in [0, 0.1) is 17.6 Å². The Morgan fingerprint density at radius 2 is 1.97 bits per heavy atom. The fourth-order valence-corrected chi connectivity index (χ4v) is 4.40. The summed E-state index contributed by atoms with van der Waals surface area (Å²) in [4.78, 5) is 7.79. The predicted molar refractivity (Wildman–Crippen MR) is 119 cm³/mol. The Bertz CT molecular complexity index is 1120. The summed E-state index contributed by atoms with van der Waals surface area (Å²) in [6.07, 6.45) is 6.64. The van der Waals surface area contributed by atoms with Crippen molar-refractivity contribution >= 4 is 22.3 Å². The van der Waals surface area contributed by atoms with Gasteiger partial charge in [-0.3, -0.25) is 0 Å². The third-order valence-electron chi connectivity index (χ3n) is 6.21. The number of H-pyrrole nitrogens is 1. The van der Waals surface area contributed by atoms with E-state index in [2.05, 4.69) is 26.7 Å². The fraction of sp³-hybridized carbons (Fsp3) is 0.375. The van der Waals surface area contributed by atoms with Crippen LogP contribution in [0.4, 0.5) is 14.5 Å². The Labute approximate surface area is 179 Å². The van der Waals surface area contributed by atoms with E-state index in [4.69, 9.17) is 4.74 Å². The summed E-state index contributed by atoms with van der Waals surface area (Å²) in [6, 6.07) is 6.36. The van der Waals surface area contributed by atoms with Crippen molar-refractivity contribution in [2.75, 3.05) is 38.2 Å². The number of hydrogen-bond acceptors (Lipinski definition) is 4. The first kappa shape index (κ1) is 20.2. The number of aromatic amines is 1. The zero-order chi connectivity index (χ0) is 21.2. The first-order valence-corrected chi connectivity index (χ1v) is 10.9. The molecule has 4 heterocycles. The number of rotatable bonds is 5. The van der Waals surface area contributed by atoms with Crippen LogP contribution in [0.1, 0.15) is 25.0 Å². The number of anilines is 1. The van der Waals surface area contributed by atoms with Gasteiger partial charge < -0.3 is 20.4 Å². The molecule has 2 aliphatic rings. The van der Waals surface area contributed by atoms with E-state index < -0.39 is 11.6 Å². The van der Waals surface area contributed by atoms with E-state index >= 15 is 0 Å². The lowest BCUT2D eigenvalue weighted by molar-refractivity contribution is 0.0699. The number of nitrogens with one attached hydrogen (secondary N) is 3. The third-order valence-corrected chi connectivity index (χ3v) is 6.21. The van der Waals surface area contributed by atoms with Crippen molar-refractivity contribution in [2.24, 2.45) is 5.92 Å². The van der Waals surface area contributed by atoms with Crippen molar-refractivity contribution in [1.29, 1.82) is 0 Å². The van der Waals surface area contributed by atoms with Gasteiger partial charge in [0.25, 0.3) is 0 Å². The van der Waals surface area contributed by atoms with Gasteiger partial charge in [-0.05, 0) is 61.1 Å². The summed E-state index contributed by atoms with van der Waals surface area (Å²) in [7, 11) is 0. The average Bonchev–Trinajstić information content (AvgIpc) is 3.25. The van der Waals surface area contributed by atoms with Crippen LogP contribution in [0.25, 0.3) is 27.7 Å². The fourth-order valence-electron chi connectivity index (χ4n) is 4.40. The van der Waals surface area contributed by atoms with Crippen LogP contribution in [-0.4, -0.2) is 42.8 Å². The monoisotopic (exact) mass is 424 g/mol. The SMILES string of the molecule is Fc1cc(F)c(-c2ccnc3[nH]c(C4=CCNCC4)cc23)cc1NCC1CCOCC1. The number of benzene rings is 1. The number of hydrogen-bond donors (Lipinski definition) is 3. The molecule has 162 valence electrons. The van der Waals surface area contributed by atoms with E-state index in [1.807, 2.05) is 6.07 Å². The van der Waals surface area contributed by atoms with Crippen molar-refractivity contribution in [3.05, 3.63) is 53.9 Å². The van der Waals surface area contributed by atoms with E-state index in [0.29, 0.717) is 34.9 Å². The molecule has 0 radical (unpaired) electrons. The highest BCUT2D eigenvalue weighted by atomic mass is 19.1. The summed E-state index contributed by atoms with van der Waals surface area (Å²) in [5.74, 6) is -0.724. The highest BCUT2D eigenvalue weighted by molar-refractivity contribution is 5.96. The zero-order valence-corrected chi connectivity index (χ0v) is 17.3. The van der Waals surface area contributed by atoms with Crippen molar-refractivity contribution in [3.63, 3.8) is 0 Å². The molecule has 0 bridgehead atoms. The van der Waals surface area contributed by atoms with Crippen molar-refractivity contribution in [1.82, 2.24) is 15.3 Å². The molecule has 1 aromatic carbocycles. The van der Waals surface area contributed by atoms with E-state index in [9.17, 15) is 8.78 Å². The summed E-state index contributed by atoms with van der Waals surface area (Å²) in [6.45, 7) is 3.88. The van der Waals surface area contributed by atoms with E-state index in [1.165, 1.54) is 5.57 Å². The van der Waals surface area contributed by atoms with Gasteiger partial charge in [-0.2, -0.15) is 0 Å². The minimum absolute atomic E-state index is 0.324. The lowest BCUT2D eigenvalue weighted by Gasteiger charge is -2.23. The second-order valence-electron chi connectivity index (χ2n) is 8.24. The van der Waals surface area contributed by atoms with Gasteiger partial charge >= 0.3 is 0 Å². The molecule has 3 aromatic rings. The molecule has 5 nitrogen and oxygen atoms in total. The maximum atomic E-state index is 14.9. The molecule has 2 aliphatic heterocycles. The van der Waals surface area contributed by atoms with Gasteiger partial charge in [0.1, 0.15) is 17.3 Å². The smallest absolute Gasteiger partial charge is 0.149 e. The molecule has 0 saturated carbocycles. The molecule has 0 aliphatic carbocycles. The second-order valence-corrected chi connectivity index (χ2v) is 8.24. The first-order chi connectivity index (χ1) is 15.2. The molecule has 0 atom stereocenters. The highest BCUT2D eigenvalue weighted by Crippen LogP contribution is 2.34. The first-order valence-electron chi connectivity index (χ1n) is 10.9. The maximum Gasteiger partial charge on any atom is 0.149 e. The van der Waals surface area contributed by atoms with E-state index in [1.54, 1.807) is 18.3 Å². The van der Waals surface area contributed by atoms with Crippen LogP contribution in [0.3, 0.4) is 0 Å². The number of halogens is 2. The molecule has 0 unspecified atom stereocenters. The molecular weight excluding hydrogens is 398 g/mol. The Kier molecular flexibility index (Phi) is 5.70. The van der Waals surface area contributed by atoms with Crippen molar-refractivity contribution in [2.45, 2.75) is 19.3 Å². The van der Waals surface area contributed by atoms with Gasteiger partial charge in [-0.25, -0.2) is 13.8 Å². The van der Waals surface area contributed by atoms with Gasteiger partial charge in [0, 0.05) is 55.2 Å². The van der Waals surface area contributed by atoms with E-state index in [-0.39, 0.29) is 0 Å². The second kappa shape index (κ2) is 8.77. The zero-order valence-electron chi connectivity index (χ0n) is 17.3. The summed E-state index contributed by atoms with van der Waals surface area (Å²) < 4.78 is 34.8. The summed E-state index contributed by atoms with van der Waals surface area (Å²) in [5, 5.41) is 7.32. The van der Waals surface area contributed by atoms with Gasteiger partial charge in [-0.15, -0.1) is 0 Å². The molecule has 2 aromatic heterocycles. The number of pyridine rings is 1. The molecule has 0 spiro atoms. The molecule has 1 saturated heterocycles. The molecule has 0 amide bonds. The molecule has 31 heavy (non-hydrogen) atoms. The van der Waals surface area contributed by atoms with Crippen LogP contribution in [-0.2, 0) is 4.74 Å². The molecule has 7 heteroatoms. The Morgan fingerprint density at radius 3 is 2.77 bits per heavy atom. The largest absolute Gasteiger partial charge is 0.382 e. The lowest BCUT2D eigenvalue weighted by Crippen LogP contribution is -2.23. The van der Waals surface area contributed by atoms with E-state index in [0.717, 1.165) is 62.7 Å². The van der Waals surface area contributed by atoms with Gasteiger partial charge in [0.2, 0.25) is 0 Å². The molecule has 5 rings (SSSR count). The number of aromatic nitrogens is 2. The minimum Gasteiger partial charge on any atom is -0.382 e. The molecular formula is C24H26F2N4O. The lowest BCUT2D eigenvalue weighted by atomic mass is 9.99. The minimum atomic E-state index is -0.578. The normalized spacial score (nSPS) is 17.7. The van der Waals surface area contributed by atoms with Crippen molar-refractivity contribution in [3.8, 4) is 11.1 Å². The third kappa shape index (κ3) is 4.20. The number of fused-ring (bicyclic) bond motifs is 1. The van der Waals surface area contributed by atoms with Gasteiger partial charge in [0.15, 0.2) is 0 Å². The van der Waals surface area contributed by atoms with Crippen LogP contribution < -0.4 is 10.6 Å². The molecule has 1 fully saturated rings. The topological polar surface area (TPSA) is 62.0 Å². The summed E-state index contributed by atoms with van der Waals surface area (Å²) >= 11 is 0. The summed E-state index contributed by atoms with van der Waals surface area (Å²) in [5.41, 5.74) is 4.32. The van der Waals surface area contributed by atoms with Crippen molar-refractivity contribution < 1.29 is 13.5 Å².